The summed E-state index contributed by atoms with van der Waals surface area (Å²) in [5, 5.41) is 1.15. The third-order valence-electron chi connectivity index (χ3n) is 4.24. The van der Waals surface area contributed by atoms with Crippen LogP contribution in [0.1, 0.15) is 17.1 Å². The summed E-state index contributed by atoms with van der Waals surface area (Å²) < 4.78 is 7.73. The molecule has 0 atom stereocenters. The van der Waals surface area contributed by atoms with Gasteiger partial charge in [0, 0.05) is 24.8 Å². The van der Waals surface area contributed by atoms with Gasteiger partial charge in [0.25, 0.3) is 0 Å². The molecule has 128 valence electrons. The third-order valence-corrected chi connectivity index (χ3v) is 4.24. The predicted octanol–water partition coefficient (Wildman–Crippen LogP) is 4.72. The molecule has 0 aliphatic heterocycles. The van der Waals surface area contributed by atoms with E-state index in [-0.39, 0.29) is 0 Å². The highest BCUT2D eigenvalue weighted by molar-refractivity contribution is 5.80. The molecule has 4 heteroatoms. The zero-order valence-electron chi connectivity index (χ0n) is 14.5. The molecule has 0 aliphatic rings. The van der Waals surface area contributed by atoms with E-state index in [1.54, 1.807) is 6.20 Å². The van der Waals surface area contributed by atoms with Crippen LogP contribution in [0.25, 0.3) is 23.1 Å². The number of hydrogen-bond donors (Lipinski definition) is 0. The highest BCUT2D eigenvalue weighted by Crippen LogP contribution is 2.17. The second-order valence-electron chi connectivity index (χ2n) is 6.07. The first-order valence-electron chi connectivity index (χ1n) is 8.51. The summed E-state index contributed by atoms with van der Waals surface area (Å²) in [7, 11) is 1.96. The maximum atomic E-state index is 5.78. The van der Waals surface area contributed by atoms with Gasteiger partial charge in [-0.05, 0) is 35.9 Å². The van der Waals surface area contributed by atoms with Gasteiger partial charge in [-0.25, -0.2) is 9.97 Å². The summed E-state index contributed by atoms with van der Waals surface area (Å²) in [6.45, 7) is 0.458. The largest absolute Gasteiger partial charge is 0.486 e. The Morgan fingerprint density at radius 2 is 1.81 bits per heavy atom. The van der Waals surface area contributed by atoms with E-state index in [4.69, 9.17) is 4.74 Å². The molecule has 0 N–H and O–H groups in total. The van der Waals surface area contributed by atoms with Crippen LogP contribution in [0, 0.1) is 0 Å². The van der Waals surface area contributed by atoms with E-state index in [9.17, 15) is 0 Å². The van der Waals surface area contributed by atoms with Crippen LogP contribution in [0.3, 0.4) is 0 Å². The Bertz CT molecular complexity index is 1050. The van der Waals surface area contributed by atoms with Gasteiger partial charge in [0.15, 0.2) is 0 Å². The Hall–Kier alpha value is -3.40. The Morgan fingerprint density at radius 1 is 0.962 bits per heavy atom. The second kappa shape index (κ2) is 7.23. The second-order valence-corrected chi connectivity index (χ2v) is 6.07. The number of pyridine rings is 1. The van der Waals surface area contributed by atoms with Crippen LogP contribution in [0.5, 0.6) is 5.75 Å². The molecule has 2 heterocycles. The third kappa shape index (κ3) is 3.64. The Labute approximate surface area is 152 Å². The quantitative estimate of drug-likeness (QED) is 0.527. The highest BCUT2D eigenvalue weighted by atomic mass is 16.5. The molecule has 0 bridgehead atoms. The van der Waals surface area contributed by atoms with E-state index < -0.39 is 0 Å². The lowest BCUT2D eigenvalue weighted by atomic mass is 10.1. The van der Waals surface area contributed by atoms with Crippen LogP contribution in [0.15, 0.2) is 73.1 Å². The molecular weight excluding hydrogens is 322 g/mol. The number of aromatic nitrogens is 3. The summed E-state index contributed by atoms with van der Waals surface area (Å²) in [5.41, 5.74) is 3.05. The average molecular weight is 341 g/mol. The standard InChI is InChI=1S/C22H19N3O/c1-25-15-14-23-22(25)16-26-20-12-7-17(8-13-20)6-10-19-11-9-18-4-2-3-5-21(18)24-19/h2-15H,16H2,1H3/b10-6+. The molecule has 26 heavy (non-hydrogen) atoms. The molecule has 0 radical (unpaired) electrons. The van der Waals surface area contributed by atoms with Gasteiger partial charge in [-0.2, -0.15) is 0 Å². The van der Waals surface area contributed by atoms with Gasteiger partial charge in [-0.15, -0.1) is 0 Å². The maximum absolute atomic E-state index is 5.78. The van der Waals surface area contributed by atoms with Crippen molar-refractivity contribution in [3.8, 4) is 5.75 Å². The van der Waals surface area contributed by atoms with Gasteiger partial charge in [0.2, 0.25) is 0 Å². The molecule has 0 amide bonds. The lowest BCUT2D eigenvalue weighted by Gasteiger charge is -2.06. The molecule has 0 unspecified atom stereocenters. The molecule has 4 rings (SSSR count). The van der Waals surface area contributed by atoms with Crippen molar-refractivity contribution in [3.63, 3.8) is 0 Å². The minimum absolute atomic E-state index is 0.458. The summed E-state index contributed by atoms with van der Waals surface area (Å²) in [4.78, 5) is 8.91. The van der Waals surface area contributed by atoms with Crippen molar-refractivity contribution >= 4 is 23.1 Å². The first-order chi connectivity index (χ1) is 12.8. The number of rotatable bonds is 5. The number of ether oxygens (including phenoxy) is 1. The number of benzene rings is 2. The first-order valence-corrected chi connectivity index (χ1v) is 8.51. The van der Waals surface area contributed by atoms with Crippen LogP contribution in [-0.4, -0.2) is 14.5 Å². The number of nitrogens with zero attached hydrogens (tertiary/aromatic N) is 3. The van der Waals surface area contributed by atoms with Gasteiger partial charge in [0.1, 0.15) is 18.2 Å². The summed E-state index contributed by atoms with van der Waals surface area (Å²) in [5.74, 6) is 1.73. The van der Waals surface area contributed by atoms with Gasteiger partial charge < -0.3 is 9.30 Å². The van der Waals surface area contributed by atoms with E-state index in [0.29, 0.717) is 6.61 Å². The lowest BCUT2D eigenvalue weighted by molar-refractivity contribution is 0.292. The van der Waals surface area contributed by atoms with E-state index in [0.717, 1.165) is 33.7 Å². The fourth-order valence-corrected chi connectivity index (χ4v) is 2.71. The van der Waals surface area contributed by atoms with Gasteiger partial charge in [-0.3, -0.25) is 0 Å². The number of imidazole rings is 1. The minimum atomic E-state index is 0.458. The zero-order valence-corrected chi connectivity index (χ0v) is 14.5. The fourth-order valence-electron chi connectivity index (χ4n) is 2.71. The number of hydrogen-bond acceptors (Lipinski definition) is 3. The summed E-state index contributed by atoms with van der Waals surface area (Å²) in [6.07, 6.45) is 7.76. The van der Waals surface area contributed by atoms with Crippen LogP contribution in [0.2, 0.25) is 0 Å². The monoisotopic (exact) mass is 341 g/mol. The number of aryl methyl sites for hydroxylation is 1. The molecule has 4 nitrogen and oxygen atoms in total. The van der Waals surface area contributed by atoms with Crippen LogP contribution < -0.4 is 4.74 Å². The van der Waals surface area contributed by atoms with Gasteiger partial charge in [-0.1, -0.05) is 42.5 Å². The predicted molar refractivity (Wildman–Crippen MR) is 105 cm³/mol. The molecular formula is C22H19N3O. The molecule has 0 saturated heterocycles. The van der Waals surface area contributed by atoms with E-state index >= 15 is 0 Å². The number of fused-ring (bicyclic) bond motifs is 1. The minimum Gasteiger partial charge on any atom is -0.486 e. The van der Waals surface area contributed by atoms with Gasteiger partial charge >= 0.3 is 0 Å². The van der Waals surface area contributed by atoms with Crippen molar-refractivity contribution in [1.29, 1.82) is 0 Å². The van der Waals surface area contributed by atoms with E-state index in [1.807, 2.05) is 72.4 Å². The average Bonchev–Trinajstić information content (AvgIpc) is 3.10. The van der Waals surface area contributed by atoms with Crippen molar-refractivity contribution in [2.45, 2.75) is 6.61 Å². The van der Waals surface area contributed by atoms with Crippen molar-refractivity contribution in [2.24, 2.45) is 7.05 Å². The van der Waals surface area contributed by atoms with Crippen molar-refractivity contribution in [1.82, 2.24) is 14.5 Å². The van der Waals surface area contributed by atoms with E-state index in [1.165, 1.54) is 0 Å². The highest BCUT2D eigenvalue weighted by Gasteiger charge is 2.00. The van der Waals surface area contributed by atoms with Gasteiger partial charge in [0.05, 0.1) is 11.2 Å². The summed E-state index contributed by atoms with van der Waals surface area (Å²) in [6, 6.07) is 20.3. The SMILES string of the molecule is Cn1ccnc1COc1ccc(/C=C/c2ccc3ccccc3n2)cc1. The zero-order chi connectivity index (χ0) is 17.8. The lowest BCUT2D eigenvalue weighted by Crippen LogP contribution is -2.02. The van der Waals surface area contributed by atoms with Crippen molar-refractivity contribution < 1.29 is 4.74 Å². The van der Waals surface area contributed by atoms with E-state index in [2.05, 4.69) is 28.2 Å². The summed E-state index contributed by atoms with van der Waals surface area (Å²) >= 11 is 0. The molecule has 0 saturated carbocycles. The Morgan fingerprint density at radius 3 is 2.62 bits per heavy atom. The van der Waals surface area contributed by atoms with Crippen LogP contribution in [0.4, 0.5) is 0 Å². The number of para-hydroxylation sites is 1. The smallest absolute Gasteiger partial charge is 0.146 e. The van der Waals surface area contributed by atoms with Crippen LogP contribution in [-0.2, 0) is 13.7 Å². The van der Waals surface area contributed by atoms with Crippen molar-refractivity contribution in [2.75, 3.05) is 0 Å². The molecule has 2 aromatic carbocycles. The van der Waals surface area contributed by atoms with Crippen LogP contribution >= 0.6 is 0 Å². The fraction of sp³-hybridized carbons (Fsp3) is 0.0909. The molecule has 0 fully saturated rings. The normalized spacial score (nSPS) is 11.3. The molecule has 4 aromatic rings. The molecule has 0 spiro atoms. The maximum Gasteiger partial charge on any atom is 0.146 e. The topological polar surface area (TPSA) is 39.9 Å². The van der Waals surface area contributed by atoms with Crippen molar-refractivity contribution in [3.05, 3.63) is 90.1 Å². The molecule has 2 aromatic heterocycles. The Balaban J connectivity index is 1.42. The molecule has 0 aliphatic carbocycles. The Kier molecular flexibility index (Phi) is 4.48. The first kappa shape index (κ1) is 16.1.